The van der Waals surface area contributed by atoms with Crippen molar-refractivity contribution in [2.75, 3.05) is 0 Å². The van der Waals surface area contributed by atoms with E-state index < -0.39 is 12.0 Å². The van der Waals surface area contributed by atoms with E-state index in [1.54, 1.807) is 13.8 Å². The third-order valence-corrected chi connectivity index (χ3v) is 2.75. The molecule has 0 radical (unpaired) electrons. The largest absolute Gasteiger partial charge is 0.480 e. The van der Waals surface area contributed by atoms with Crippen molar-refractivity contribution >= 4 is 17.6 Å². The normalized spacial score (nSPS) is 12.9. The molecular formula is C9H13ClN2O2. The predicted octanol–water partition coefficient (Wildman–Crippen LogP) is 2.19. The maximum Gasteiger partial charge on any atom is 0.328 e. The van der Waals surface area contributed by atoms with Gasteiger partial charge in [0.05, 0.1) is 16.4 Å². The van der Waals surface area contributed by atoms with Gasteiger partial charge in [-0.1, -0.05) is 18.5 Å². The van der Waals surface area contributed by atoms with Crippen LogP contribution in [0.5, 0.6) is 0 Å². The van der Waals surface area contributed by atoms with E-state index in [1.807, 2.05) is 6.92 Å². The molecule has 1 aromatic rings. The number of aryl methyl sites for hydroxylation is 1. The Bertz CT molecular complexity index is 360. The average Bonchev–Trinajstić information content (AvgIpc) is 2.35. The molecule has 0 saturated heterocycles. The summed E-state index contributed by atoms with van der Waals surface area (Å²) < 4.78 is 1.47. The summed E-state index contributed by atoms with van der Waals surface area (Å²) in [6.07, 6.45) is 0.494. The second-order valence-corrected chi connectivity index (χ2v) is 3.57. The van der Waals surface area contributed by atoms with Crippen LogP contribution in [0.25, 0.3) is 0 Å². The van der Waals surface area contributed by atoms with Crippen molar-refractivity contribution in [3.05, 3.63) is 16.4 Å². The minimum Gasteiger partial charge on any atom is -0.480 e. The van der Waals surface area contributed by atoms with Crippen molar-refractivity contribution in [2.45, 2.75) is 33.2 Å². The summed E-state index contributed by atoms with van der Waals surface area (Å²) in [5, 5.41) is 13.6. The standard InChI is InChI=1S/C9H13ClN2O2/c1-4-7(9(13)14)12-6(3)8(10)5(2)11-12/h7H,4H2,1-3H3,(H,13,14)/t7-/m1/s1. The lowest BCUT2D eigenvalue weighted by molar-refractivity contribution is -0.141. The van der Waals surface area contributed by atoms with Gasteiger partial charge >= 0.3 is 5.97 Å². The number of nitrogens with zero attached hydrogens (tertiary/aromatic N) is 2. The molecule has 0 spiro atoms. The summed E-state index contributed by atoms with van der Waals surface area (Å²) in [5.74, 6) is -0.880. The number of carboxylic acid groups (broad SMARTS) is 1. The molecule has 0 amide bonds. The van der Waals surface area contributed by atoms with Crippen LogP contribution in [0.2, 0.25) is 5.02 Å². The van der Waals surface area contributed by atoms with Gasteiger partial charge in [-0.3, -0.25) is 4.68 Å². The minimum atomic E-state index is -0.880. The van der Waals surface area contributed by atoms with Crippen molar-refractivity contribution in [3.8, 4) is 0 Å². The molecule has 1 atom stereocenters. The van der Waals surface area contributed by atoms with Crippen LogP contribution in [0.1, 0.15) is 30.8 Å². The Morgan fingerprint density at radius 1 is 1.64 bits per heavy atom. The number of halogens is 1. The quantitative estimate of drug-likeness (QED) is 0.843. The van der Waals surface area contributed by atoms with Crippen LogP contribution in [0.15, 0.2) is 0 Å². The number of carboxylic acids is 1. The zero-order valence-electron chi connectivity index (χ0n) is 8.41. The Labute approximate surface area is 87.5 Å². The molecule has 0 unspecified atom stereocenters. The van der Waals surface area contributed by atoms with Crippen molar-refractivity contribution in [2.24, 2.45) is 0 Å². The summed E-state index contributed by atoms with van der Waals surface area (Å²) in [5.41, 5.74) is 1.38. The lowest BCUT2D eigenvalue weighted by Gasteiger charge is -2.11. The molecule has 0 saturated carbocycles. The Morgan fingerprint density at radius 2 is 2.21 bits per heavy atom. The van der Waals surface area contributed by atoms with Crippen LogP contribution in [0.4, 0.5) is 0 Å². The summed E-state index contributed by atoms with van der Waals surface area (Å²) in [6, 6.07) is -0.624. The zero-order valence-corrected chi connectivity index (χ0v) is 9.17. The van der Waals surface area contributed by atoms with Crippen LogP contribution in [0.3, 0.4) is 0 Å². The van der Waals surface area contributed by atoms with Crippen LogP contribution in [0, 0.1) is 13.8 Å². The van der Waals surface area contributed by atoms with E-state index in [0.29, 0.717) is 22.8 Å². The Morgan fingerprint density at radius 3 is 2.50 bits per heavy atom. The smallest absolute Gasteiger partial charge is 0.328 e. The molecule has 78 valence electrons. The van der Waals surface area contributed by atoms with Gasteiger partial charge in [0.25, 0.3) is 0 Å². The number of carbonyl (C=O) groups is 1. The van der Waals surface area contributed by atoms with Gasteiger partial charge in [-0.15, -0.1) is 0 Å². The van der Waals surface area contributed by atoms with Gasteiger partial charge < -0.3 is 5.11 Å². The second kappa shape index (κ2) is 4.00. The first-order valence-electron chi connectivity index (χ1n) is 4.43. The third-order valence-electron chi connectivity index (χ3n) is 2.20. The van der Waals surface area contributed by atoms with E-state index in [0.717, 1.165) is 0 Å². The fourth-order valence-corrected chi connectivity index (χ4v) is 1.52. The molecular weight excluding hydrogens is 204 g/mol. The molecule has 1 aromatic heterocycles. The topological polar surface area (TPSA) is 55.1 Å². The van der Waals surface area contributed by atoms with Gasteiger partial charge in [0.15, 0.2) is 0 Å². The Balaban J connectivity index is 3.17. The van der Waals surface area contributed by atoms with Gasteiger partial charge in [0.1, 0.15) is 6.04 Å². The van der Waals surface area contributed by atoms with E-state index >= 15 is 0 Å². The predicted molar refractivity (Wildman–Crippen MR) is 53.7 cm³/mol. The number of hydrogen-bond acceptors (Lipinski definition) is 2. The van der Waals surface area contributed by atoms with Gasteiger partial charge in [-0.25, -0.2) is 4.79 Å². The van der Waals surface area contributed by atoms with Crippen molar-refractivity contribution in [3.63, 3.8) is 0 Å². The van der Waals surface area contributed by atoms with Gasteiger partial charge in [0, 0.05) is 0 Å². The maximum absolute atomic E-state index is 10.9. The van der Waals surface area contributed by atoms with E-state index in [4.69, 9.17) is 16.7 Å². The van der Waals surface area contributed by atoms with Crippen LogP contribution >= 0.6 is 11.6 Å². The van der Waals surface area contributed by atoms with Crippen LogP contribution < -0.4 is 0 Å². The zero-order chi connectivity index (χ0) is 10.9. The number of aromatic nitrogens is 2. The van der Waals surface area contributed by atoms with E-state index in [-0.39, 0.29) is 0 Å². The molecule has 0 aliphatic heterocycles. The molecule has 4 nitrogen and oxygen atoms in total. The third kappa shape index (κ3) is 1.75. The van der Waals surface area contributed by atoms with E-state index in [1.165, 1.54) is 4.68 Å². The first-order chi connectivity index (χ1) is 6.49. The average molecular weight is 217 g/mol. The monoisotopic (exact) mass is 216 g/mol. The molecule has 0 bridgehead atoms. The summed E-state index contributed by atoms with van der Waals surface area (Å²) in [4.78, 5) is 10.9. The Hall–Kier alpha value is -1.03. The first-order valence-corrected chi connectivity index (χ1v) is 4.80. The maximum atomic E-state index is 10.9. The van der Waals surface area contributed by atoms with Crippen LogP contribution in [-0.2, 0) is 4.79 Å². The molecule has 0 aliphatic carbocycles. The highest BCUT2D eigenvalue weighted by Crippen LogP contribution is 2.23. The number of rotatable bonds is 3. The van der Waals surface area contributed by atoms with Gasteiger partial charge in [-0.2, -0.15) is 5.10 Å². The highest BCUT2D eigenvalue weighted by atomic mass is 35.5. The summed E-state index contributed by atoms with van der Waals surface area (Å²) in [6.45, 7) is 5.34. The highest BCUT2D eigenvalue weighted by Gasteiger charge is 2.22. The van der Waals surface area contributed by atoms with Crippen molar-refractivity contribution in [1.82, 2.24) is 9.78 Å². The molecule has 14 heavy (non-hydrogen) atoms. The Kier molecular flexibility index (Phi) is 3.16. The van der Waals surface area contributed by atoms with Gasteiger partial charge in [-0.05, 0) is 20.3 Å². The van der Waals surface area contributed by atoms with Crippen molar-refractivity contribution < 1.29 is 9.90 Å². The molecule has 0 aliphatic rings. The summed E-state index contributed by atoms with van der Waals surface area (Å²) >= 11 is 5.93. The number of hydrogen-bond donors (Lipinski definition) is 1. The molecule has 1 heterocycles. The summed E-state index contributed by atoms with van der Waals surface area (Å²) in [7, 11) is 0. The van der Waals surface area contributed by atoms with Crippen molar-refractivity contribution in [1.29, 1.82) is 0 Å². The molecule has 1 N–H and O–H groups in total. The highest BCUT2D eigenvalue weighted by molar-refractivity contribution is 6.31. The molecule has 1 rings (SSSR count). The lowest BCUT2D eigenvalue weighted by atomic mass is 10.2. The van der Waals surface area contributed by atoms with Crippen LogP contribution in [-0.4, -0.2) is 20.9 Å². The second-order valence-electron chi connectivity index (χ2n) is 3.19. The van der Waals surface area contributed by atoms with Gasteiger partial charge in [0.2, 0.25) is 0 Å². The fourth-order valence-electron chi connectivity index (χ4n) is 1.40. The molecule has 5 heteroatoms. The lowest BCUT2D eigenvalue weighted by Crippen LogP contribution is -2.20. The molecule has 0 aromatic carbocycles. The van der Waals surface area contributed by atoms with E-state index in [2.05, 4.69) is 5.10 Å². The fraction of sp³-hybridized carbons (Fsp3) is 0.556. The minimum absolute atomic E-state index is 0.494. The van der Waals surface area contributed by atoms with E-state index in [9.17, 15) is 4.79 Å². The SMILES string of the molecule is CC[C@H](C(=O)O)n1nc(C)c(Cl)c1C. The molecule has 0 fully saturated rings. The first kappa shape index (κ1) is 11.0. The number of aliphatic carboxylic acids is 1.